The normalized spacial score (nSPS) is 15.9. The smallest absolute Gasteiger partial charge is 0.307 e. The average molecular weight is 375 g/mol. The summed E-state index contributed by atoms with van der Waals surface area (Å²) in [6, 6.07) is 9.65. The predicted octanol–water partition coefficient (Wildman–Crippen LogP) is 3.28. The average Bonchev–Trinajstić information content (AvgIpc) is 2.63. The number of halogens is 2. The van der Waals surface area contributed by atoms with Crippen molar-refractivity contribution in [3.05, 3.63) is 65.2 Å². The third kappa shape index (κ3) is 4.14. The number of carbonyl (C=O) groups excluding carboxylic acids is 1. The maximum atomic E-state index is 14.4. The van der Waals surface area contributed by atoms with Crippen molar-refractivity contribution in [2.24, 2.45) is 0 Å². The monoisotopic (exact) mass is 375 g/mol. The quantitative estimate of drug-likeness (QED) is 0.841. The lowest BCUT2D eigenvalue weighted by molar-refractivity contribution is -0.136. The Morgan fingerprint density at radius 2 is 1.74 bits per heavy atom. The van der Waals surface area contributed by atoms with E-state index in [4.69, 9.17) is 9.84 Å². The molecule has 1 heterocycles. The molecule has 5 nitrogen and oxygen atoms in total. The summed E-state index contributed by atoms with van der Waals surface area (Å²) in [6.45, 7) is 0.587. The van der Waals surface area contributed by atoms with Crippen LogP contribution in [0, 0.1) is 11.6 Å². The Bertz CT molecular complexity index is 846. The summed E-state index contributed by atoms with van der Waals surface area (Å²) < 4.78 is 33.1. The van der Waals surface area contributed by atoms with Gasteiger partial charge in [0.05, 0.1) is 11.8 Å². The van der Waals surface area contributed by atoms with E-state index < -0.39 is 28.9 Å². The molecule has 142 valence electrons. The lowest BCUT2D eigenvalue weighted by atomic mass is 9.73. The van der Waals surface area contributed by atoms with Crippen LogP contribution >= 0.6 is 0 Å². The number of rotatable bonds is 5. The van der Waals surface area contributed by atoms with E-state index in [0.717, 1.165) is 12.1 Å². The van der Waals surface area contributed by atoms with Gasteiger partial charge in [-0.3, -0.25) is 9.59 Å². The molecule has 0 saturated carbocycles. The number of hydrogen-bond acceptors (Lipinski definition) is 3. The molecule has 2 aromatic carbocycles. The molecule has 3 rings (SSSR count). The van der Waals surface area contributed by atoms with Crippen LogP contribution in [0.25, 0.3) is 0 Å². The van der Waals surface area contributed by atoms with E-state index in [1.807, 2.05) is 0 Å². The number of benzene rings is 2. The highest BCUT2D eigenvalue weighted by Crippen LogP contribution is 2.37. The standard InChI is InChI=1S/C20H19F2NO4/c21-14-3-6-16(17(22)12-14)20(7-9-27-10-8-20)19(26)23-15-4-1-13(2-5-15)11-18(24)25/h1-6,12H,7-11H2,(H,23,26)(H,24,25). The van der Waals surface area contributed by atoms with Gasteiger partial charge in [0, 0.05) is 30.5 Å². The summed E-state index contributed by atoms with van der Waals surface area (Å²) in [5.41, 5.74) is 0.0658. The van der Waals surface area contributed by atoms with Gasteiger partial charge in [-0.1, -0.05) is 18.2 Å². The number of aliphatic carboxylic acids is 1. The maximum Gasteiger partial charge on any atom is 0.307 e. The Morgan fingerprint density at radius 3 is 2.33 bits per heavy atom. The van der Waals surface area contributed by atoms with Crippen molar-refractivity contribution in [1.29, 1.82) is 0 Å². The largest absolute Gasteiger partial charge is 0.481 e. The Balaban J connectivity index is 1.87. The van der Waals surface area contributed by atoms with Crippen molar-refractivity contribution in [2.45, 2.75) is 24.7 Å². The second-order valence-electron chi connectivity index (χ2n) is 6.54. The molecule has 1 aliphatic heterocycles. The van der Waals surface area contributed by atoms with Gasteiger partial charge in [-0.05, 0) is 36.6 Å². The van der Waals surface area contributed by atoms with Crippen LogP contribution in [0.4, 0.5) is 14.5 Å². The van der Waals surface area contributed by atoms with Crippen molar-refractivity contribution in [3.8, 4) is 0 Å². The van der Waals surface area contributed by atoms with Crippen LogP contribution in [0.5, 0.6) is 0 Å². The van der Waals surface area contributed by atoms with Gasteiger partial charge in [-0.15, -0.1) is 0 Å². The highest BCUT2D eigenvalue weighted by atomic mass is 19.1. The molecule has 7 heteroatoms. The molecule has 0 aliphatic carbocycles. The van der Waals surface area contributed by atoms with E-state index in [9.17, 15) is 18.4 Å². The number of carboxylic acids is 1. The maximum absolute atomic E-state index is 14.4. The van der Waals surface area contributed by atoms with Crippen molar-refractivity contribution >= 4 is 17.6 Å². The first-order valence-electron chi connectivity index (χ1n) is 8.56. The fourth-order valence-corrected chi connectivity index (χ4v) is 3.35. The summed E-state index contributed by atoms with van der Waals surface area (Å²) in [6.07, 6.45) is 0.438. The van der Waals surface area contributed by atoms with Crippen LogP contribution in [0.15, 0.2) is 42.5 Å². The number of carbonyl (C=O) groups is 2. The molecule has 1 amide bonds. The first-order chi connectivity index (χ1) is 12.9. The zero-order valence-electron chi connectivity index (χ0n) is 14.5. The molecule has 1 saturated heterocycles. The van der Waals surface area contributed by atoms with Crippen LogP contribution in [-0.2, 0) is 26.2 Å². The SMILES string of the molecule is O=C(O)Cc1ccc(NC(=O)C2(c3ccc(F)cc3F)CCOCC2)cc1. The number of hydrogen-bond donors (Lipinski definition) is 2. The summed E-state index contributed by atoms with van der Waals surface area (Å²) in [7, 11) is 0. The molecule has 2 N–H and O–H groups in total. The van der Waals surface area contributed by atoms with E-state index in [0.29, 0.717) is 24.5 Å². The van der Waals surface area contributed by atoms with Crippen molar-refractivity contribution < 1.29 is 28.2 Å². The number of nitrogens with one attached hydrogen (secondary N) is 1. The molecule has 0 spiro atoms. The summed E-state index contributed by atoms with van der Waals surface area (Å²) in [5, 5.41) is 11.6. The fourth-order valence-electron chi connectivity index (χ4n) is 3.35. The number of amides is 1. The highest BCUT2D eigenvalue weighted by Gasteiger charge is 2.43. The van der Waals surface area contributed by atoms with Crippen molar-refractivity contribution in [3.63, 3.8) is 0 Å². The number of anilines is 1. The second kappa shape index (κ2) is 7.84. The zero-order valence-corrected chi connectivity index (χ0v) is 14.5. The minimum absolute atomic E-state index is 0.115. The molecular weight excluding hydrogens is 356 g/mol. The van der Waals surface area contributed by atoms with Crippen LogP contribution in [0.1, 0.15) is 24.0 Å². The Hall–Kier alpha value is -2.80. The molecule has 0 aromatic heterocycles. The number of carboxylic acid groups (broad SMARTS) is 1. The fraction of sp³-hybridized carbons (Fsp3) is 0.300. The Kier molecular flexibility index (Phi) is 5.51. The molecule has 0 atom stereocenters. The molecule has 1 fully saturated rings. The van der Waals surface area contributed by atoms with Gasteiger partial charge in [0.15, 0.2) is 0 Å². The van der Waals surface area contributed by atoms with Gasteiger partial charge in [0.25, 0.3) is 0 Å². The first kappa shape index (κ1) is 19.0. The molecule has 0 unspecified atom stereocenters. The zero-order chi connectivity index (χ0) is 19.4. The minimum atomic E-state index is -1.16. The number of ether oxygens (including phenoxy) is 1. The van der Waals surface area contributed by atoms with Crippen LogP contribution in [-0.4, -0.2) is 30.2 Å². The molecule has 1 aliphatic rings. The Morgan fingerprint density at radius 1 is 1.07 bits per heavy atom. The molecule has 0 radical (unpaired) electrons. The predicted molar refractivity (Wildman–Crippen MR) is 94.5 cm³/mol. The Labute approximate surface area is 155 Å². The van der Waals surface area contributed by atoms with E-state index in [2.05, 4.69) is 5.32 Å². The van der Waals surface area contributed by atoms with E-state index >= 15 is 0 Å². The second-order valence-corrected chi connectivity index (χ2v) is 6.54. The van der Waals surface area contributed by atoms with Gasteiger partial charge in [-0.25, -0.2) is 8.78 Å². The molecule has 27 heavy (non-hydrogen) atoms. The molecule has 2 aromatic rings. The van der Waals surface area contributed by atoms with Gasteiger partial charge in [-0.2, -0.15) is 0 Å². The van der Waals surface area contributed by atoms with Crippen molar-refractivity contribution in [2.75, 3.05) is 18.5 Å². The summed E-state index contributed by atoms with van der Waals surface area (Å²) in [5.74, 6) is -2.81. The third-order valence-corrected chi connectivity index (χ3v) is 4.79. The highest BCUT2D eigenvalue weighted by molar-refractivity contribution is 5.99. The van der Waals surface area contributed by atoms with Gasteiger partial charge >= 0.3 is 5.97 Å². The van der Waals surface area contributed by atoms with Crippen LogP contribution in [0.3, 0.4) is 0 Å². The lowest BCUT2D eigenvalue weighted by Gasteiger charge is -2.36. The van der Waals surface area contributed by atoms with E-state index in [-0.39, 0.29) is 24.8 Å². The minimum Gasteiger partial charge on any atom is -0.481 e. The third-order valence-electron chi connectivity index (χ3n) is 4.79. The lowest BCUT2D eigenvalue weighted by Crippen LogP contribution is -2.45. The molecular formula is C20H19F2NO4. The van der Waals surface area contributed by atoms with Gasteiger partial charge in [0.1, 0.15) is 11.6 Å². The topological polar surface area (TPSA) is 75.6 Å². The summed E-state index contributed by atoms with van der Waals surface area (Å²) in [4.78, 5) is 23.8. The van der Waals surface area contributed by atoms with Crippen molar-refractivity contribution in [1.82, 2.24) is 0 Å². The van der Waals surface area contributed by atoms with Crippen LogP contribution in [0.2, 0.25) is 0 Å². The summed E-state index contributed by atoms with van der Waals surface area (Å²) >= 11 is 0. The van der Waals surface area contributed by atoms with E-state index in [1.165, 1.54) is 6.07 Å². The van der Waals surface area contributed by atoms with E-state index in [1.54, 1.807) is 24.3 Å². The first-order valence-corrected chi connectivity index (χ1v) is 8.56. The van der Waals surface area contributed by atoms with Gasteiger partial charge in [0.2, 0.25) is 5.91 Å². The van der Waals surface area contributed by atoms with Gasteiger partial charge < -0.3 is 15.2 Å². The van der Waals surface area contributed by atoms with Crippen LogP contribution < -0.4 is 5.32 Å². The molecule has 0 bridgehead atoms.